The Bertz CT molecular complexity index is 994. The third-order valence-electron chi connectivity index (χ3n) is 6.72. The normalized spacial score (nSPS) is 25.4. The van der Waals surface area contributed by atoms with Gasteiger partial charge in [-0.2, -0.15) is 0 Å². The van der Waals surface area contributed by atoms with Crippen LogP contribution in [0, 0.1) is 0 Å². The van der Waals surface area contributed by atoms with E-state index in [4.69, 9.17) is 4.99 Å². The number of thiazole rings is 1. The first-order chi connectivity index (χ1) is 15.6. The number of aromatic nitrogens is 1. The Hall–Kier alpha value is -2.49. The van der Waals surface area contributed by atoms with Crippen LogP contribution < -0.4 is 10.6 Å². The molecule has 3 aliphatic heterocycles. The molecule has 170 valence electrons. The number of nitrogens with one attached hydrogen (secondary N) is 2. The van der Waals surface area contributed by atoms with Crippen molar-refractivity contribution in [2.24, 2.45) is 4.99 Å². The van der Waals surface area contributed by atoms with Gasteiger partial charge in [0.05, 0.1) is 23.1 Å². The molecule has 5 rings (SSSR count). The van der Waals surface area contributed by atoms with Crippen molar-refractivity contribution in [3.63, 3.8) is 0 Å². The molecule has 8 nitrogen and oxygen atoms in total. The largest absolute Gasteiger partial charge is 0.341 e. The predicted molar refractivity (Wildman–Crippen MR) is 128 cm³/mol. The van der Waals surface area contributed by atoms with Crippen LogP contribution in [0.25, 0.3) is 6.08 Å². The second kappa shape index (κ2) is 9.17. The van der Waals surface area contributed by atoms with Crippen molar-refractivity contribution in [3.05, 3.63) is 45.7 Å². The minimum absolute atomic E-state index is 0.0409. The predicted octanol–water partition coefficient (Wildman–Crippen LogP) is 1.61. The lowest BCUT2D eigenvalue weighted by molar-refractivity contribution is -0.120. The summed E-state index contributed by atoms with van der Waals surface area (Å²) in [6, 6.07) is 0.343. The fraction of sp³-hybridized carbons (Fsp3) is 0.522. The third-order valence-corrected chi connectivity index (χ3v) is 7.59. The van der Waals surface area contributed by atoms with E-state index >= 15 is 0 Å². The Morgan fingerprint density at radius 3 is 3.06 bits per heavy atom. The summed E-state index contributed by atoms with van der Waals surface area (Å²) >= 11 is 1.74. The molecule has 1 aromatic heterocycles. The monoisotopic (exact) mass is 453 g/mol. The standard InChI is InChI=1S/C23H31N7OS/c1-16(17-5-3-6-20-18(13-17)26-15-32-20)29-9-4-10-30(12-11-29)23-25-14-19-22(28(23)2)24-8-7-21(31)27-19/h3,5,13-16,22,24H,4,6-12H2,1-2H3,(H,27,31). The number of hydrogen-bond donors (Lipinski definition) is 2. The number of aliphatic imine (C=N–C) groups is 1. The van der Waals surface area contributed by atoms with Gasteiger partial charge < -0.3 is 15.1 Å². The Kier molecular flexibility index (Phi) is 6.12. The summed E-state index contributed by atoms with van der Waals surface area (Å²) in [6.45, 7) is 6.91. The SMILES string of the molecule is CC(C1=Cc2ncsc2CC=C1)N1CCCN(C2=NC=C3NC(=O)CCNC3N2C)CC1. The van der Waals surface area contributed by atoms with Crippen LogP contribution in [-0.2, 0) is 11.2 Å². The lowest BCUT2D eigenvalue weighted by Gasteiger charge is -2.39. The second-order valence-corrected chi connectivity index (χ2v) is 9.68. The summed E-state index contributed by atoms with van der Waals surface area (Å²) in [4.78, 5) is 29.6. The number of carbonyl (C=O) groups excluding carboxylic acids is 1. The summed E-state index contributed by atoms with van der Waals surface area (Å²) in [6.07, 6.45) is 11.1. The molecule has 0 radical (unpaired) electrons. The highest BCUT2D eigenvalue weighted by Crippen LogP contribution is 2.25. The van der Waals surface area contributed by atoms with Gasteiger partial charge in [-0.15, -0.1) is 11.3 Å². The number of rotatable bonds is 2. The van der Waals surface area contributed by atoms with Crippen LogP contribution in [0.15, 0.2) is 40.1 Å². The van der Waals surface area contributed by atoms with Gasteiger partial charge in [0, 0.05) is 63.5 Å². The van der Waals surface area contributed by atoms with Crippen molar-refractivity contribution in [1.29, 1.82) is 0 Å². The molecule has 0 aromatic carbocycles. The van der Waals surface area contributed by atoms with Gasteiger partial charge in [-0.05, 0) is 25.0 Å². The molecule has 2 N–H and O–H groups in total. The van der Waals surface area contributed by atoms with Gasteiger partial charge in [0.25, 0.3) is 0 Å². The maximum atomic E-state index is 11.9. The van der Waals surface area contributed by atoms with Crippen molar-refractivity contribution < 1.29 is 4.79 Å². The van der Waals surface area contributed by atoms with Crippen molar-refractivity contribution >= 4 is 29.3 Å². The fourth-order valence-corrected chi connectivity index (χ4v) is 5.58. The quantitative estimate of drug-likeness (QED) is 0.709. The zero-order valence-electron chi connectivity index (χ0n) is 18.8. The number of nitrogens with zero attached hydrogens (tertiary/aromatic N) is 5. The molecule has 32 heavy (non-hydrogen) atoms. The zero-order valence-corrected chi connectivity index (χ0v) is 19.6. The van der Waals surface area contributed by atoms with Gasteiger partial charge >= 0.3 is 0 Å². The van der Waals surface area contributed by atoms with Gasteiger partial charge in [0.1, 0.15) is 6.17 Å². The number of amides is 1. The molecule has 0 saturated carbocycles. The third kappa shape index (κ3) is 4.24. The molecule has 2 atom stereocenters. The van der Waals surface area contributed by atoms with Crippen molar-refractivity contribution in [1.82, 2.24) is 30.3 Å². The number of hydrogen-bond acceptors (Lipinski definition) is 8. The van der Waals surface area contributed by atoms with Gasteiger partial charge in [0.2, 0.25) is 11.9 Å². The van der Waals surface area contributed by atoms with Crippen LogP contribution >= 0.6 is 11.3 Å². The van der Waals surface area contributed by atoms with Crippen molar-refractivity contribution in [2.75, 3.05) is 39.8 Å². The van der Waals surface area contributed by atoms with Gasteiger partial charge in [-0.1, -0.05) is 12.2 Å². The minimum atomic E-state index is -0.0409. The number of carbonyl (C=O) groups is 1. The molecule has 1 aliphatic carbocycles. The van der Waals surface area contributed by atoms with E-state index in [1.165, 1.54) is 10.5 Å². The highest BCUT2D eigenvalue weighted by Gasteiger charge is 2.32. The number of guanidine groups is 1. The van der Waals surface area contributed by atoms with Crippen LogP contribution in [0.5, 0.6) is 0 Å². The molecule has 2 fully saturated rings. The van der Waals surface area contributed by atoms with E-state index in [9.17, 15) is 4.79 Å². The van der Waals surface area contributed by atoms with E-state index < -0.39 is 0 Å². The molecule has 0 bridgehead atoms. The molecule has 9 heteroatoms. The Morgan fingerprint density at radius 1 is 1.25 bits per heavy atom. The number of likely N-dealkylation sites (N-methyl/N-ethyl adjacent to an activating group) is 1. The average Bonchev–Trinajstić information content (AvgIpc) is 2.96. The molecule has 1 amide bonds. The Balaban J connectivity index is 1.28. The van der Waals surface area contributed by atoms with E-state index in [2.05, 4.69) is 62.5 Å². The Morgan fingerprint density at radius 2 is 2.16 bits per heavy atom. The first-order valence-corrected chi connectivity index (χ1v) is 12.3. The van der Waals surface area contributed by atoms with Gasteiger partial charge in [-0.3, -0.25) is 15.0 Å². The van der Waals surface area contributed by atoms with Crippen LogP contribution in [0.4, 0.5) is 0 Å². The number of allylic oxidation sites excluding steroid dienone is 1. The summed E-state index contributed by atoms with van der Waals surface area (Å²) in [5, 5.41) is 6.45. The van der Waals surface area contributed by atoms with E-state index in [1.54, 1.807) is 11.3 Å². The topological polar surface area (TPSA) is 76.1 Å². The van der Waals surface area contributed by atoms with Crippen molar-refractivity contribution in [3.8, 4) is 0 Å². The maximum absolute atomic E-state index is 11.9. The zero-order chi connectivity index (χ0) is 22.1. The average molecular weight is 454 g/mol. The highest BCUT2D eigenvalue weighted by molar-refractivity contribution is 7.09. The fourth-order valence-electron chi connectivity index (χ4n) is 4.86. The lowest BCUT2D eigenvalue weighted by Crippen LogP contribution is -2.56. The molecule has 0 spiro atoms. The van der Waals surface area contributed by atoms with E-state index in [1.807, 2.05) is 11.7 Å². The molecule has 2 unspecified atom stereocenters. The first-order valence-electron chi connectivity index (χ1n) is 11.4. The van der Waals surface area contributed by atoms with E-state index in [0.29, 0.717) is 19.0 Å². The molecular formula is C23H31N7OS. The van der Waals surface area contributed by atoms with Crippen LogP contribution in [-0.4, -0.2) is 83.5 Å². The van der Waals surface area contributed by atoms with Crippen LogP contribution in [0.1, 0.15) is 30.3 Å². The number of fused-ring (bicyclic) bond motifs is 2. The summed E-state index contributed by atoms with van der Waals surface area (Å²) in [5.74, 6) is 1.02. The summed E-state index contributed by atoms with van der Waals surface area (Å²) in [7, 11) is 2.05. The summed E-state index contributed by atoms with van der Waals surface area (Å²) in [5.41, 5.74) is 5.24. The van der Waals surface area contributed by atoms with Gasteiger partial charge in [0.15, 0.2) is 0 Å². The Labute approximate surface area is 193 Å². The molecule has 4 aliphatic rings. The molecule has 2 saturated heterocycles. The molecule has 1 aromatic rings. The highest BCUT2D eigenvalue weighted by atomic mass is 32.1. The van der Waals surface area contributed by atoms with E-state index in [0.717, 1.165) is 56.4 Å². The van der Waals surface area contributed by atoms with E-state index in [-0.39, 0.29) is 12.1 Å². The minimum Gasteiger partial charge on any atom is -0.341 e. The second-order valence-electron chi connectivity index (χ2n) is 8.74. The van der Waals surface area contributed by atoms with Crippen LogP contribution in [0.3, 0.4) is 0 Å². The van der Waals surface area contributed by atoms with Crippen LogP contribution in [0.2, 0.25) is 0 Å². The van der Waals surface area contributed by atoms with Crippen molar-refractivity contribution in [2.45, 2.75) is 38.4 Å². The maximum Gasteiger partial charge on any atom is 0.225 e. The first kappa shape index (κ1) is 21.4. The summed E-state index contributed by atoms with van der Waals surface area (Å²) < 4.78 is 0. The molecular weight excluding hydrogens is 422 g/mol. The van der Waals surface area contributed by atoms with Gasteiger partial charge in [-0.25, -0.2) is 9.98 Å². The lowest BCUT2D eigenvalue weighted by atomic mass is 10.1. The molecule has 4 heterocycles. The smallest absolute Gasteiger partial charge is 0.225 e.